The molecule has 13 heteroatoms. The second-order valence-corrected chi connectivity index (χ2v) is 11.2. The third-order valence-electron chi connectivity index (χ3n) is 5.41. The van der Waals surface area contributed by atoms with Gasteiger partial charge in [-0.25, -0.2) is 0 Å². The lowest BCUT2D eigenvalue weighted by Gasteiger charge is -2.53. The van der Waals surface area contributed by atoms with Gasteiger partial charge < -0.3 is 26.2 Å². The number of carbonyl (C=O) groups is 3. The highest BCUT2D eigenvalue weighted by molar-refractivity contribution is 8.01. The van der Waals surface area contributed by atoms with Crippen LogP contribution in [0.15, 0.2) is 28.6 Å². The third kappa shape index (κ3) is 4.29. The molecular weight excluding hydrogens is 474 g/mol. The van der Waals surface area contributed by atoms with Gasteiger partial charge in [0.05, 0.1) is 0 Å². The summed E-state index contributed by atoms with van der Waals surface area (Å²) in [5, 5.41) is 30.4. The molecule has 2 aliphatic rings. The van der Waals surface area contributed by atoms with E-state index < -0.39 is 29.4 Å². The molecule has 2 saturated heterocycles. The molecule has 3 heterocycles. The van der Waals surface area contributed by atoms with Crippen LogP contribution in [0.5, 0.6) is 5.75 Å². The number of fused-ring (bicyclic) bond motifs is 1. The zero-order valence-corrected chi connectivity index (χ0v) is 19.4. The number of carboxylic acids is 1. The second kappa shape index (κ2) is 8.89. The molecule has 4 atom stereocenters. The second-order valence-electron chi connectivity index (χ2n) is 7.68. The van der Waals surface area contributed by atoms with E-state index in [0.717, 1.165) is 5.01 Å². The van der Waals surface area contributed by atoms with Crippen molar-refractivity contribution >= 4 is 52.6 Å². The van der Waals surface area contributed by atoms with Crippen molar-refractivity contribution in [3.05, 3.63) is 34.8 Å². The van der Waals surface area contributed by atoms with Crippen molar-refractivity contribution in [3.8, 4) is 5.75 Å². The maximum atomic E-state index is 12.7. The van der Waals surface area contributed by atoms with Crippen molar-refractivity contribution < 1.29 is 24.6 Å². The van der Waals surface area contributed by atoms with Crippen LogP contribution in [-0.4, -0.2) is 72.6 Å². The molecule has 0 spiro atoms. The van der Waals surface area contributed by atoms with Gasteiger partial charge in [0.25, 0.3) is 0 Å². The number of hydrogen-bond donors (Lipinski definition) is 4. The zero-order chi connectivity index (χ0) is 23.0. The molecule has 1 aromatic heterocycles. The SMILES string of the molecule is Cc1nnc(SCC2(C(=O)O)CS[C@@H]3C(NC(=O)C(N)c4ccc(O)cc4)C(=O)N3C2)s1. The summed E-state index contributed by atoms with van der Waals surface area (Å²) >= 11 is 4.07. The van der Waals surface area contributed by atoms with Crippen LogP contribution in [0.4, 0.5) is 0 Å². The largest absolute Gasteiger partial charge is 0.508 e. The lowest BCUT2D eigenvalue weighted by atomic mass is 9.89. The number of phenolic OH excluding ortho intramolecular Hbond substituents is 1. The van der Waals surface area contributed by atoms with Crippen LogP contribution in [0.2, 0.25) is 0 Å². The molecule has 4 rings (SSSR count). The van der Waals surface area contributed by atoms with Crippen molar-refractivity contribution in [3.63, 3.8) is 0 Å². The van der Waals surface area contributed by atoms with Crippen molar-refractivity contribution in [1.29, 1.82) is 0 Å². The number of aromatic hydroxyl groups is 1. The average Bonchev–Trinajstić information content (AvgIpc) is 3.20. The van der Waals surface area contributed by atoms with E-state index in [1.165, 1.54) is 51.9 Å². The highest BCUT2D eigenvalue weighted by Gasteiger charge is 2.57. The van der Waals surface area contributed by atoms with Crippen LogP contribution >= 0.6 is 34.9 Å². The Bertz CT molecular complexity index is 1050. The number of aliphatic carboxylic acids is 1. The molecule has 0 saturated carbocycles. The molecule has 0 bridgehead atoms. The maximum Gasteiger partial charge on any atom is 0.313 e. The number of nitrogens with one attached hydrogen (secondary N) is 1. The van der Waals surface area contributed by atoms with E-state index in [1.807, 2.05) is 6.92 Å². The quantitative estimate of drug-likeness (QED) is 0.320. The number of aryl methyl sites for hydroxylation is 1. The van der Waals surface area contributed by atoms with E-state index in [1.54, 1.807) is 12.1 Å². The van der Waals surface area contributed by atoms with Gasteiger partial charge in [-0.1, -0.05) is 35.2 Å². The summed E-state index contributed by atoms with van der Waals surface area (Å²) in [7, 11) is 0. The number of nitrogens with two attached hydrogens (primary N) is 1. The molecule has 2 fully saturated rings. The Morgan fingerprint density at radius 3 is 2.72 bits per heavy atom. The van der Waals surface area contributed by atoms with Crippen molar-refractivity contribution in [2.24, 2.45) is 11.1 Å². The first-order valence-corrected chi connectivity index (χ1v) is 12.5. The molecule has 2 aliphatic heterocycles. The summed E-state index contributed by atoms with van der Waals surface area (Å²) in [6.45, 7) is 1.90. The summed E-state index contributed by atoms with van der Waals surface area (Å²) in [5.74, 6) is -1.17. The van der Waals surface area contributed by atoms with Crippen LogP contribution in [-0.2, 0) is 14.4 Å². The van der Waals surface area contributed by atoms with Gasteiger partial charge in [0.2, 0.25) is 11.8 Å². The van der Waals surface area contributed by atoms with E-state index in [2.05, 4.69) is 15.5 Å². The summed E-state index contributed by atoms with van der Waals surface area (Å²) in [6, 6.07) is 4.21. The normalized spacial score (nSPS) is 25.6. The number of β-lactam (4-membered cyclic amide) rings is 1. The Morgan fingerprint density at radius 1 is 1.38 bits per heavy atom. The number of carbonyl (C=O) groups excluding carboxylic acids is 2. The topological polar surface area (TPSA) is 159 Å². The molecule has 170 valence electrons. The minimum absolute atomic E-state index is 0.0612. The number of phenols is 1. The fourth-order valence-electron chi connectivity index (χ4n) is 3.52. The molecule has 2 aromatic rings. The third-order valence-corrected chi connectivity index (χ3v) is 9.26. The number of amides is 2. The first kappa shape index (κ1) is 22.8. The lowest BCUT2D eigenvalue weighted by molar-refractivity contribution is -0.157. The van der Waals surface area contributed by atoms with Gasteiger partial charge in [-0.15, -0.1) is 22.0 Å². The molecule has 3 unspecified atom stereocenters. The molecule has 0 aliphatic carbocycles. The Morgan fingerprint density at radius 2 is 2.09 bits per heavy atom. The molecular formula is C19H21N5O5S3. The van der Waals surface area contributed by atoms with E-state index in [9.17, 15) is 24.6 Å². The zero-order valence-electron chi connectivity index (χ0n) is 16.9. The fourth-order valence-corrected chi connectivity index (χ4v) is 7.20. The monoisotopic (exact) mass is 495 g/mol. The van der Waals surface area contributed by atoms with Gasteiger partial charge in [0.15, 0.2) is 4.34 Å². The van der Waals surface area contributed by atoms with E-state index in [0.29, 0.717) is 15.7 Å². The van der Waals surface area contributed by atoms with E-state index in [4.69, 9.17) is 5.73 Å². The molecule has 32 heavy (non-hydrogen) atoms. The van der Waals surface area contributed by atoms with Gasteiger partial charge in [-0.3, -0.25) is 14.4 Å². The minimum atomic E-state index is -1.11. The lowest BCUT2D eigenvalue weighted by Crippen LogP contribution is -2.74. The number of thioether (sulfide) groups is 2. The highest BCUT2D eigenvalue weighted by atomic mass is 32.2. The first-order chi connectivity index (χ1) is 15.2. The van der Waals surface area contributed by atoms with Gasteiger partial charge in [-0.05, 0) is 24.6 Å². The van der Waals surface area contributed by atoms with Crippen LogP contribution < -0.4 is 11.1 Å². The van der Waals surface area contributed by atoms with Crippen LogP contribution in [0.25, 0.3) is 0 Å². The van der Waals surface area contributed by atoms with Crippen LogP contribution in [0.1, 0.15) is 16.6 Å². The summed E-state index contributed by atoms with van der Waals surface area (Å²) in [5.41, 5.74) is 5.39. The first-order valence-electron chi connectivity index (χ1n) is 9.63. The Labute approximate surface area is 196 Å². The Hall–Kier alpha value is -2.35. The highest BCUT2D eigenvalue weighted by Crippen LogP contribution is 2.44. The number of rotatable bonds is 7. The molecule has 0 radical (unpaired) electrons. The maximum absolute atomic E-state index is 12.7. The van der Waals surface area contributed by atoms with Crippen molar-refractivity contribution in [2.45, 2.75) is 28.7 Å². The van der Waals surface area contributed by atoms with Crippen molar-refractivity contribution in [2.75, 3.05) is 18.1 Å². The van der Waals surface area contributed by atoms with E-state index >= 15 is 0 Å². The van der Waals surface area contributed by atoms with Gasteiger partial charge in [0.1, 0.15) is 33.6 Å². The molecule has 5 N–H and O–H groups in total. The predicted octanol–water partition coefficient (Wildman–Crippen LogP) is 0.815. The van der Waals surface area contributed by atoms with Gasteiger partial charge >= 0.3 is 5.97 Å². The average molecular weight is 496 g/mol. The number of hydrogen-bond acceptors (Lipinski definition) is 10. The van der Waals surface area contributed by atoms with Gasteiger partial charge in [0, 0.05) is 18.1 Å². The molecule has 2 amide bonds. The standard InChI is InChI=1S/C19H21N5O5S3/c1-9-22-23-18(32-9)31-8-19(17(28)29)6-24-15(27)13(16(24)30-7-19)21-14(26)12(20)10-2-4-11(25)5-3-10/h2-5,12-13,16,25H,6-8,20H2,1H3,(H,21,26)(H,28,29)/t12?,13?,16-,19?/m1/s1. The van der Waals surface area contributed by atoms with Crippen LogP contribution in [0, 0.1) is 12.3 Å². The molecule has 1 aromatic carbocycles. The molecule has 10 nitrogen and oxygen atoms in total. The fraction of sp³-hybridized carbons (Fsp3) is 0.421. The summed E-state index contributed by atoms with van der Waals surface area (Å²) < 4.78 is 0.693. The summed E-state index contributed by atoms with van der Waals surface area (Å²) in [4.78, 5) is 38.9. The number of nitrogens with zero attached hydrogens (tertiary/aromatic N) is 3. The number of carboxylic acid groups (broad SMARTS) is 1. The number of benzene rings is 1. The van der Waals surface area contributed by atoms with E-state index in [-0.39, 0.29) is 29.3 Å². The van der Waals surface area contributed by atoms with Gasteiger partial charge in [-0.2, -0.15) is 0 Å². The smallest absolute Gasteiger partial charge is 0.313 e. The van der Waals surface area contributed by atoms with Crippen LogP contribution in [0.3, 0.4) is 0 Å². The predicted molar refractivity (Wildman–Crippen MR) is 120 cm³/mol. The summed E-state index contributed by atoms with van der Waals surface area (Å²) in [6.07, 6.45) is 0. The number of aromatic nitrogens is 2. The Balaban J connectivity index is 1.38. The Kier molecular flexibility index (Phi) is 6.34. The minimum Gasteiger partial charge on any atom is -0.508 e. The van der Waals surface area contributed by atoms with Crippen molar-refractivity contribution in [1.82, 2.24) is 20.4 Å².